The summed E-state index contributed by atoms with van der Waals surface area (Å²) in [4.78, 5) is 25.2. The van der Waals surface area contributed by atoms with Crippen molar-refractivity contribution in [2.45, 2.75) is 13.8 Å². The van der Waals surface area contributed by atoms with Crippen LogP contribution < -0.4 is 11.1 Å². The molecule has 0 atom stereocenters. The van der Waals surface area contributed by atoms with E-state index in [-0.39, 0.29) is 18.4 Å². The Morgan fingerprint density at radius 3 is 2.56 bits per heavy atom. The van der Waals surface area contributed by atoms with Crippen molar-refractivity contribution >= 4 is 17.5 Å². The molecule has 0 saturated carbocycles. The third-order valence-electron chi connectivity index (χ3n) is 2.80. The Hall–Kier alpha value is -2.04. The van der Waals surface area contributed by atoms with Crippen LogP contribution in [0.25, 0.3) is 0 Å². The van der Waals surface area contributed by atoms with Crippen LogP contribution in [0.4, 0.5) is 5.69 Å². The van der Waals surface area contributed by atoms with E-state index in [1.54, 1.807) is 19.2 Å². The topological polar surface area (TPSA) is 75.4 Å². The Morgan fingerprint density at radius 2 is 2.06 bits per heavy atom. The first-order valence-electron chi connectivity index (χ1n) is 5.86. The van der Waals surface area contributed by atoms with Crippen molar-refractivity contribution in [2.75, 3.05) is 25.9 Å². The highest BCUT2D eigenvalue weighted by Gasteiger charge is 2.20. The summed E-state index contributed by atoms with van der Waals surface area (Å²) < 4.78 is 0. The second kappa shape index (κ2) is 6.05. The molecule has 0 saturated heterocycles. The number of benzene rings is 1. The van der Waals surface area contributed by atoms with Crippen molar-refractivity contribution in [1.29, 1.82) is 0 Å². The zero-order valence-corrected chi connectivity index (χ0v) is 11.0. The molecule has 0 aliphatic heterocycles. The summed E-state index contributed by atoms with van der Waals surface area (Å²) in [5.41, 5.74) is 7.56. The lowest BCUT2D eigenvalue weighted by Gasteiger charge is -2.21. The third kappa shape index (κ3) is 3.00. The van der Waals surface area contributed by atoms with E-state index in [0.29, 0.717) is 17.8 Å². The maximum absolute atomic E-state index is 12.3. The lowest BCUT2D eigenvalue weighted by atomic mass is 10.1. The molecule has 0 unspecified atom stereocenters. The molecule has 0 aliphatic carbocycles. The first-order valence-corrected chi connectivity index (χ1v) is 5.86. The minimum Gasteiger partial charge on any atom is -0.398 e. The smallest absolute Gasteiger partial charge is 0.256 e. The van der Waals surface area contributed by atoms with Gasteiger partial charge in [-0.25, -0.2) is 0 Å². The molecule has 0 fully saturated rings. The van der Waals surface area contributed by atoms with Crippen molar-refractivity contribution in [3.05, 3.63) is 29.3 Å². The molecule has 0 heterocycles. The fourth-order valence-electron chi connectivity index (χ4n) is 1.72. The van der Waals surface area contributed by atoms with Gasteiger partial charge in [-0.2, -0.15) is 0 Å². The average Bonchev–Trinajstić information content (AvgIpc) is 2.35. The van der Waals surface area contributed by atoms with Crippen molar-refractivity contribution in [2.24, 2.45) is 0 Å². The number of hydrogen-bond donors (Lipinski definition) is 2. The third-order valence-corrected chi connectivity index (χ3v) is 2.80. The SMILES string of the molecule is CCN(CC(=O)NC)C(=O)c1c(C)cccc1N. The van der Waals surface area contributed by atoms with Gasteiger partial charge < -0.3 is 16.0 Å². The number of hydrogen-bond acceptors (Lipinski definition) is 3. The molecule has 0 bridgehead atoms. The van der Waals surface area contributed by atoms with Gasteiger partial charge in [0.25, 0.3) is 5.91 Å². The van der Waals surface area contributed by atoms with Crippen LogP contribution in [0.3, 0.4) is 0 Å². The molecular formula is C13H19N3O2. The number of nitrogens with two attached hydrogens (primary N) is 1. The lowest BCUT2D eigenvalue weighted by molar-refractivity contribution is -0.121. The quantitative estimate of drug-likeness (QED) is 0.774. The lowest BCUT2D eigenvalue weighted by Crippen LogP contribution is -2.40. The zero-order chi connectivity index (χ0) is 13.7. The Morgan fingerprint density at radius 1 is 1.39 bits per heavy atom. The van der Waals surface area contributed by atoms with Gasteiger partial charge in [-0.1, -0.05) is 12.1 Å². The molecule has 2 amide bonds. The molecule has 1 aromatic rings. The molecule has 0 spiro atoms. The molecule has 5 heteroatoms. The minimum atomic E-state index is -0.211. The van der Waals surface area contributed by atoms with Gasteiger partial charge in [0.2, 0.25) is 5.91 Å². The zero-order valence-electron chi connectivity index (χ0n) is 11.0. The van der Waals surface area contributed by atoms with E-state index >= 15 is 0 Å². The number of rotatable bonds is 4. The van der Waals surface area contributed by atoms with Crippen molar-refractivity contribution in [1.82, 2.24) is 10.2 Å². The highest BCUT2D eigenvalue weighted by molar-refractivity contribution is 6.01. The molecular weight excluding hydrogens is 230 g/mol. The fourth-order valence-corrected chi connectivity index (χ4v) is 1.72. The molecule has 0 aliphatic rings. The van der Waals surface area contributed by atoms with Crippen molar-refractivity contribution in [3.63, 3.8) is 0 Å². The van der Waals surface area contributed by atoms with Crippen molar-refractivity contribution < 1.29 is 9.59 Å². The monoisotopic (exact) mass is 249 g/mol. The van der Waals surface area contributed by atoms with Crippen LogP contribution in [0.2, 0.25) is 0 Å². The van der Waals surface area contributed by atoms with Crippen LogP contribution in [-0.2, 0) is 4.79 Å². The highest BCUT2D eigenvalue weighted by Crippen LogP contribution is 2.18. The molecule has 1 rings (SSSR count). The molecule has 0 radical (unpaired) electrons. The Kier molecular flexibility index (Phi) is 4.71. The second-order valence-electron chi connectivity index (χ2n) is 4.03. The molecule has 1 aromatic carbocycles. The summed E-state index contributed by atoms with van der Waals surface area (Å²) in [5, 5.41) is 2.50. The Balaban J connectivity index is 3.00. The van der Waals surface area contributed by atoms with E-state index in [2.05, 4.69) is 5.32 Å². The first-order chi connectivity index (χ1) is 8.51. The number of amides is 2. The number of nitrogen functional groups attached to an aromatic ring is 1. The van der Waals surface area contributed by atoms with Crippen LogP contribution >= 0.6 is 0 Å². The number of carbonyl (C=O) groups is 2. The number of carbonyl (C=O) groups excluding carboxylic acids is 2. The first kappa shape index (κ1) is 14.0. The van der Waals surface area contributed by atoms with E-state index in [1.807, 2.05) is 19.9 Å². The van der Waals surface area contributed by atoms with Gasteiger partial charge in [0.05, 0.1) is 12.1 Å². The van der Waals surface area contributed by atoms with E-state index < -0.39 is 0 Å². The van der Waals surface area contributed by atoms with Crippen molar-refractivity contribution in [3.8, 4) is 0 Å². The summed E-state index contributed by atoms with van der Waals surface area (Å²) in [7, 11) is 1.54. The van der Waals surface area contributed by atoms with Crippen LogP contribution in [0, 0.1) is 6.92 Å². The largest absolute Gasteiger partial charge is 0.398 e. The van der Waals surface area contributed by atoms with Crippen LogP contribution in [0.1, 0.15) is 22.8 Å². The fraction of sp³-hybridized carbons (Fsp3) is 0.385. The van der Waals surface area contributed by atoms with E-state index in [9.17, 15) is 9.59 Å². The van der Waals surface area contributed by atoms with Gasteiger partial charge in [-0.05, 0) is 25.5 Å². The molecule has 5 nitrogen and oxygen atoms in total. The van der Waals surface area contributed by atoms with Gasteiger partial charge in [0, 0.05) is 19.3 Å². The predicted molar refractivity (Wildman–Crippen MR) is 71.2 cm³/mol. The molecule has 0 aromatic heterocycles. The number of likely N-dealkylation sites (N-methyl/N-ethyl adjacent to an activating group) is 2. The number of nitrogens with one attached hydrogen (secondary N) is 1. The Bertz CT molecular complexity index is 437. The molecule has 98 valence electrons. The van der Waals surface area contributed by atoms with E-state index in [0.717, 1.165) is 5.56 Å². The number of anilines is 1. The van der Waals surface area contributed by atoms with Gasteiger partial charge >= 0.3 is 0 Å². The summed E-state index contributed by atoms with van der Waals surface area (Å²) in [6, 6.07) is 5.32. The molecule has 3 N–H and O–H groups in total. The van der Waals surface area contributed by atoms with Gasteiger partial charge in [-0.15, -0.1) is 0 Å². The van der Waals surface area contributed by atoms with Gasteiger partial charge in [0.1, 0.15) is 0 Å². The summed E-state index contributed by atoms with van der Waals surface area (Å²) >= 11 is 0. The maximum Gasteiger partial charge on any atom is 0.256 e. The van der Waals surface area contributed by atoms with E-state index in [1.165, 1.54) is 4.90 Å². The van der Waals surface area contributed by atoms with E-state index in [4.69, 9.17) is 5.73 Å². The number of aryl methyl sites for hydroxylation is 1. The summed E-state index contributed by atoms with van der Waals surface area (Å²) in [5.74, 6) is -0.408. The number of nitrogens with zero attached hydrogens (tertiary/aromatic N) is 1. The highest BCUT2D eigenvalue weighted by atomic mass is 16.2. The summed E-state index contributed by atoms with van der Waals surface area (Å²) in [6.45, 7) is 4.16. The predicted octanol–water partition coefficient (Wildman–Crippen LogP) is 0.785. The maximum atomic E-state index is 12.3. The average molecular weight is 249 g/mol. The second-order valence-corrected chi connectivity index (χ2v) is 4.03. The standard InChI is InChI=1S/C13H19N3O2/c1-4-16(8-11(17)15-3)13(18)12-9(2)6-5-7-10(12)14/h5-7H,4,8,14H2,1-3H3,(H,15,17). The Labute approximate surface area is 107 Å². The molecule has 18 heavy (non-hydrogen) atoms. The summed E-state index contributed by atoms with van der Waals surface area (Å²) in [6.07, 6.45) is 0. The van der Waals surface area contributed by atoms with Crippen LogP contribution in [0.15, 0.2) is 18.2 Å². The normalized spacial score (nSPS) is 9.94. The van der Waals surface area contributed by atoms with Crippen LogP contribution in [-0.4, -0.2) is 36.9 Å². The van der Waals surface area contributed by atoms with Gasteiger partial charge in [-0.3, -0.25) is 9.59 Å². The van der Waals surface area contributed by atoms with Gasteiger partial charge in [0.15, 0.2) is 0 Å². The minimum absolute atomic E-state index is 0.0413. The van der Waals surface area contributed by atoms with Crippen LogP contribution in [0.5, 0.6) is 0 Å².